The lowest BCUT2D eigenvalue weighted by Crippen LogP contribution is -2.29. The van der Waals surface area contributed by atoms with Crippen LogP contribution in [0.25, 0.3) is 10.2 Å². The first-order chi connectivity index (χ1) is 15.8. The quantitative estimate of drug-likeness (QED) is 0.320. The highest BCUT2D eigenvalue weighted by Gasteiger charge is 2.16. The van der Waals surface area contributed by atoms with Crippen molar-refractivity contribution in [3.63, 3.8) is 0 Å². The summed E-state index contributed by atoms with van der Waals surface area (Å²) in [6.45, 7) is 3.95. The van der Waals surface area contributed by atoms with Crippen molar-refractivity contribution < 1.29 is 9.59 Å². The number of hydrogen-bond donors (Lipinski definition) is 2. The third kappa shape index (κ3) is 5.29. The summed E-state index contributed by atoms with van der Waals surface area (Å²) in [5.41, 5.74) is 3.05. The first kappa shape index (κ1) is 22.7. The van der Waals surface area contributed by atoms with E-state index in [1.54, 1.807) is 12.1 Å². The summed E-state index contributed by atoms with van der Waals surface area (Å²) >= 11 is 2.51. The molecule has 4 aromatic rings. The number of thioether (sulfide) groups is 1. The summed E-state index contributed by atoms with van der Waals surface area (Å²) in [6.07, 6.45) is 1.24. The van der Waals surface area contributed by atoms with E-state index < -0.39 is 11.5 Å². The van der Waals surface area contributed by atoms with Crippen LogP contribution >= 0.6 is 23.1 Å². The lowest BCUT2D eigenvalue weighted by atomic mass is 10.2. The molecule has 4 rings (SSSR count). The molecule has 2 amide bonds. The smallest absolute Gasteiger partial charge is 0.266 e. The minimum absolute atomic E-state index is 0.0458. The Labute approximate surface area is 198 Å². The fraction of sp³-hybridized carbons (Fsp3) is 0.174. The van der Waals surface area contributed by atoms with Gasteiger partial charge in [0.1, 0.15) is 5.56 Å². The highest BCUT2D eigenvalue weighted by Crippen LogP contribution is 2.27. The van der Waals surface area contributed by atoms with E-state index in [0.29, 0.717) is 16.0 Å². The zero-order valence-electron chi connectivity index (χ0n) is 18.2. The van der Waals surface area contributed by atoms with Crippen LogP contribution in [0.3, 0.4) is 0 Å². The van der Waals surface area contributed by atoms with Crippen molar-refractivity contribution in [3.05, 3.63) is 75.7 Å². The zero-order valence-corrected chi connectivity index (χ0v) is 19.8. The predicted octanol–water partition coefficient (Wildman–Crippen LogP) is 3.99. The van der Waals surface area contributed by atoms with Gasteiger partial charge in [-0.05, 0) is 43.7 Å². The fourth-order valence-corrected chi connectivity index (χ4v) is 4.74. The summed E-state index contributed by atoms with van der Waals surface area (Å²) in [4.78, 5) is 46.2. The molecule has 2 aromatic heterocycles. The predicted molar refractivity (Wildman–Crippen MR) is 132 cm³/mol. The molecule has 0 spiro atoms. The van der Waals surface area contributed by atoms with E-state index in [1.165, 1.54) is 29.1 Å². The minimum Gasteiger partial charge on any atom is -0.322 e. The molecule has 33 heavy (non-hydrogen) atoms. The van der Waals surface area contributed by atoms with Crippen LogP contribution in [0.2, 0.25) is 0 Å². The van der Waals surface area contributed by atoms with Gasteiger partial charge in [-0.2, -0.15) is 0 Å². The molecule has 0 saturated heterocycles. The molecule has 0 aliphatic rings. The number of benzene rings is 2. The molecule has 2 aromatic carbocycles. The molecule has 0 aliphatic heterocycles. The van der Waals surface area contributed by atoms with Gasteiger partial charge in [0.25, 0.3) is 11.5 Å². The number of thiazole rings is 1. The third-order valence-corrected chi connectivity index (χ3v) is 6.78. The molecule has 0 atom stereocenters. The fourth-order valence-electron chi connectivity index (χ4n) is 3.03. The van der Waals surface area contributed by atoms with E-state index in [9.17, 15) is 14.4 Å². The van der Waals surface area contributed by atoms with E-state index in [0.717, 1.165) is 33.1 Å². The van der Waals surface area contributed by atoms with Gasteiger partial charge in [0.15, 0.2) is 10.3 Å². The van der Waals surface area contributed by atoms with Crippen molar-refractivity contribution in [1.29, 1.82) is 0 Å². The van der Waals surface area contributed by atoms with Gasteiger partial charge < -0.3 is 10.6 Å². The number of anilines is 2. The van der Waals surface area contributed by atoms with Gasteiger partial charge >= 0.3 is 0 Å². The van der Waals surface area contributed by atoms with Crippen molar-refractivity contribution in [1.82, 2.24) is 14.5 Å². The second-order valence-electron chi connectivity index (χ2n) is 7.47. The molecule has 2 heterocycles. The lowest BCUT2D eigenvalue weighted by molar-refractivity contribution is -0.113. The molecular formula is C23H21N5O3S2. The van der Waals surface area contributed by atoms with Gasteiger partial charge in [-0.25, -0.2) is 9.97 Å². The SMILES string of the molecule is Cc1ccc(NC(=O)c2cnc(SCC(=O)Nc3nc4ccc(C)cc4s3)n(C)c2=O)cc1. The highest BCUT2D eigenvalue weighted by molar-refractivity contribution is 7.99. The Balaban J connectivity index is 1.40. The Morgan fingerprint density at radius 3 is 2.55 bits per heavy atom. The molecule has 0 fully saturated rings. The Hall–Kier alpha value is -3.50. The number of hydrogen-bond acceptors (Lipinski definition) is 7. The highest BCUT2D eigenvalue weighted by atomic mass is 32.2. The third-order valence-electron chi connectivity index (χ3n) is 4.80. The number of amides is 2. The van der Waals surface area contributed by atoms with E-state index >= 15 is 0 Å². The average molecular weight is 480 g/mol. The number of carbonyl (C=O) groups is 2. The van der Waals surface area contributed by atoms with Crippen LogP contribution < -0.4 is 16.2 Å². The Morgan fingerprint density at radius 2 is 1.79 bits per heavy atom. The molecule has 0 radical (unpaired) electrons. The van der Waals surface area contributed by atoms with Gasteiger partial charge in [0.2, 0.25) is 5.91 Å². The Morgan fingerprint density at radius 1 is 1.06 bits per heavy atom. The number of nitrogens with one attached hydrogen (secondary N) is 2. The summed E-state index contributed by atoms with van der Waals surface area (Å²) in [5.74, 6) is -0.747. The largest absolute Gasteiger partial charge is 0.322 e. The van der Waals surface area contributed by atoms with Crippen LogP contribution in [0.15, 0.2) is 58.6 Å². The van der Waals surface area contributed by atoms with Crippen molar-refractivity contribution in [2.75, 3.05) is 16.4 Å². The maximum atomic E-state index is 12.7. The number of carbonyl (C=O) groups excluding carboxylic acids is 2. The molecular weight excluding hydrogens is 458 g/mol. The van der Waals surface area contributed by atoms with Gasteiger partial charge in [-0.1, -0.05) is 46.9 Å². The van der Waals surface area contributed by atoms with Gasteiger partial charge in [0.05, 0.1) is 16.0 Å². The molecule has 0 unspecified atom stereocenters. The van der Waals surface area contributed by atoms with E-state index in [4.69, 9.17) is 0 Å². The monoisotopic (exact) mass is 479 g/mol. The van der Waals surface area contributed by atoms with Crippen LogP contribution in [0, 0.1) is 13.8 Å². The number of nitrogens with zero attached hydrogens (tertiary/aromatic N) is 3. The molecule has 8 nitrogen and oxygen atoms in total. The topological polar surface area (TPSA) is 106 Å². The Bertz CT molecular complexity index is 1410. The van der Waals surface area contributed by atoms with Crippen LogP contribution in [0.1, 0.15) is 21.5 Å². The van der Waals surface area contributed by atoms with Crippen molar-refractivity contribution in [2.45, 2.75) is 19.0 Å². The summed E-state index contributed by atoms with van der Waals surface area (Å²) in [6, 6.07) is 13.2. The van der Waals surface area contributed by atoms with E-state index in [-0.39, 0.29) is 17.2 Å². The van der Waals surface area contributed by atoms with Crippen LogP contribution in [0.4, 0.5) is 10.8 Å². The van der Waals surface area contributed by atoms with Crippen molar-refractivity contribution in [3.8, 4) is 0 Å². The average Bonchev–Trinajstić information content (AvgIpc) is 3.17. The number of fused-ring (bicyclic) bond motifs is 1. The maximum absolute atomic E-state index is 12.7. The molecule has 0 aliphatic carbocycles. The van der Waals surface area contributed by atoms with E-state index in [2.05, 4.69) is 20.6 Å². The minimum atomic E-state index is -0.535. The van der Waals surface area contributed by atoms with Crippen LogP contribution in [0.5, 0.6) is 0 Å². The van der Waals surface area contributed by atoms with Crippen LogP contribution in [-0.2, 0) is 11.8 Å². The number of rotatable bonds is 6. The first-order valence-electron chi connectivity index (χ1n) is 10.0. The van der Waals surface area contributed by atoms with Gasteiger partial charge in [-0.15, -0.1) is 0 Å². The standard InChI is InChI=1S/C23H21N5O3S2/c1-13-4-7-15(8-5-13)25-20(30)16-11-24-23(28(3)21(16)31)32-12-19(29)27-22-26-17-9-6-14(2)10-18(17)33-22/h4-11H,12H2,1-3H3,(H,25,30)(H,26,27,29). The first-order valence-corrected chi connectivity index (χ1v) is 11.8. The summed E-state index contributed by atoms with van der Waals surface area (Å²) in [7, 11) is 1.52. The zero-order chi connectivity index (χ0) is 23.5. The molecule has 0 bridgehead atoms. The maximum Gasteiger partial charge on any atom is 0.266 e. The lowest BCUT2D eigenvalue weighted by Gasteiger charge is -2.09. The summed E-state index contributed by atoms with van der Waals surface area (Å²) < 4.78 is 2.27. The number of aryl methyl sites for hydroxylation is 2. The van der Waals surface area contributed by atoms with E-state index in [1.807, 2.05) is 44.2 Å². The molecule has 0 saturated carbocycles. The van der Waals surface area contributed by atoms with Crippen LogP contribution in [-0.4, -0.2) is 32.1 Å². The second kappa shape index (κ2) is 9.55. The van der Waals surface area contributed by atoms with Crippen molar-refractivity contribution in [2.24, 2.45) is 7.05 Å². The molecule has 2 N–H and O–H groups in total. The second-order valence-corrected chi connectivity index (χ2v) is 9.44. The Kier molecular flexibility index (Phi) is 6.57. The number of aromatic nitrogens is 3. The van der Waals surface area contributed by atoms with Gasteiger partial charge in [0, 0.05) is 18.9 Å². The van der Waals surface area contributed by atoms with Crippen molar-refractivity contribution >= 4 is 55.9 Å². The summed E-state index contributed by atoms with van der Waals surface area (Å²) in [5, 5.41) is 6.33. The molecule has 10 heteroatoms. The normalized spacial score (nSPS) is 10.9. The molecule has 168 valence electrons. The van der Waals surface area contributed by atoms with Gasteiger partial charge in [-0.3, -0.25) is 19.0 Å².